The molecule has 0 bridgehead atoms. The molecule has 1 saturated carbocycles. The van der Waals surface area contributed by atoms with Crippen LogP contribution < -0.4 is 4.74 Å². The van der Waals surface area contributed by atoms with Crippen molar-refractivity contribution in [3.8, 4) is 16.9 Å². The van der Waals surface area contributed by atoms with Gasteiger partial charge in [-0.1, -0.05) is 62.9 Å². The Hall–Kier alpha value is -2.04. The van der Waals surface area contributed by atoms with Crippen molar-refractivity contribution < 1.29 is 22.3 Å². The molecule has 0 radical (unpaired) electrons. The molecule has 176 valence electrons. The molecule has 1 aliphatic rings. The highest BCUT2D eigenvalue weighted by Gasteiger charge is 2.26. The fourth-order valence-corrected chi connectivity index (χ4v) is 4.67. The van der Waals surface area contributed by atoms with E-state index >= 15 is 0 Å². The van der Waals surface area contributed by atoms with Gasteiger partial charge in [-0.2, -0.15) is 13.2 Å². The quantitative estimate of drug-likeness (QED) is 0.259. The highest BCUT2D eigenvalue weighted by atomic mass is 19.4. The third-order valence-corrected chi connectivity index (χ3v) is 6.57. The highest BCUT2D eigenvalue weighted by Crippen LogP contribution is 2.38. The van der Waals surface area contributed by atoms with Gasteiger partial charge in [-0.05, 0) is 72.8 Å². The molecular weight excluding hydrogens is 416 g/mol. The molecule has 5 heteroatoms. The molecule has 0 heterocycles. The van der Waals surface area contributed by atoms with Gasteiger partial charge in [-0.15, -0.1) is 0 Å². The maximum absolute atomic E-state index is 14.4. The van der Waals surface area contributed by atoms with Gasteiger partial charge < -0.3 is 4.74 Å². The molecule has 0 amide bonds. The first kappa shape index (κ1) is 24.6. The van der Waals surface area contributed by atoms with Crippen molar-refractivity contribution in [2.24, 2.45) is 5.92 Å². The summed E-state index contributed by atoms with van der Waals surface area (Å²) < 4.78 is 56.1. The molecule has 2 aromatic rings. The molecule has 0 unspecified atom stereocenters. The molecule has 0 saturated heterocycles. The van der Waals surface area contributed by atoms with Crippen LogP contribution in [0.25, 0.3) is 11.1 Å². The minimum absolute atomic E-state index is 0.0109. The van der Waals surface area contributed by atoms with Crippen molar-refractivity contribution in [2.45, 2.75) is 83.2 Å². The molecule has 1 aliphatic carbocycles. The second-order valence-electron chi connectivity index (χ2n) is 9.05. The number of hydrogen-bond donors (Lipinski definition) is 0. The standard InChI is InChI=1S/C27H34F4O/c1-2-3-4-6-20-7-9-21(10-8-20)22-11-13-23(14-12-22)24-15-16-26(25(28)19-24)32-18-5-17-27(29,30)31/h11-16,19-21H,2-10,17-18H2,1H3/t20-,21-. The molecule has 0 N–H and O–H groups in total. The normalized spacial score (nSPS) is 19.2. The number of rotatable bonds is 10. The monoisotopic (exact) mass is 450 g/mol. The molecule has 1 fully saturated rings. The van der Waals surface area contributed by atoms with Crippen LogP contribution in [0, 0.1) is 11.7 Å². The fourth-order valence-electron chi connectivity index (χ4n) is 4.67. The fraction of sp³-hybridized carbons (Fsp3) is 0.556. The minimum Gasteiger partial charge on any atom is -0.491 e. The van der Waals surface area contributed by atoms with Crippen LogP contribution in [0.2, 0.25) is 0 Å². The Labute approximate surface area is 189 Å². The van der Waals surface area contributed by atoms with Crippen LogP contribution >= 0.6 is 0 Å². The zero-order chi connectivity index (χ0) is 23.0. The number of halogens is 4. The van der Waals surface area contributed by atoms with E-state index in [1.54, 1.807) is 6.07 Å². The van der Waals surface area contributed by atoms with Gasteiger partial charge in [-0.25, -0.2) is 4.39 Å². The van der Waals surface area contributed by atoms with Gasteiger partial charge in [-0.3, -0.25) is 0 Å². The van der Waals surface area contributed by atoms with Crippen molar-refractivity contribution in [3.63, 3.8) is 0 Å². The summed E-state index contributed by atoms with van der Waals surface area (Å²) in [6.07, 6.45) is 5.12. The van der Waals surface area contributed by atoms with E-state index in [2.05, 4.69) is 19.1 Å². The maximum Gasteiger partial charge on any atom is 0.389 e. The second kappa shape index (κ2) is 11.7. The Morgan fingerprint density at radius 3 is 2.19 bits per heavy atom. The van der Waals surface area contributed by atoms with E-state index in [9.17, 15) is 17.6 Å². The summed E-state index contributed by atoms with van der Waals surface area (Å²) in [6.45, 7) is 2.09. The summed E-state index contributed by atoms with van der Waals surface area (Å²) in [6, 6.07) is 13.0. The lowest BCUT2D eigenvalue weighted by molar-refractivity contribution is -0.136. The summed E-state index contributed by atoms with van der Waals surface area (Å²) in [5.74, 6) is 0.924. The average Bonchev–Trinajstić information content (AvgIpc) is 2.78. The van der Waals surface area contributed by atoms with Crippen LogP contribution in [0.15, 0.2) is 42.5 Å². The lowest BCUT2D eigenvalue weighted by atomic mass is 9.77. The highest BCUT2D eigenvalue weighted by molar-refractivity contribution is 5.64. The Kier molecular flexibility index (Phi) is 9.01. The van der Waals surface area contributed by atoms with E-state index in [0.29, 0.717) is 5.92 Å². The Bertz CT molecular complexity index is 821. The zero-order valence-electron chi connectivity index (χ0n) is 18.9. The van der Waals surface area contributed by atoms with Crippen molar-refractivity contribution in [1.82, 2.24) is 0 Å². The minimum atomic E-state index is -4.22. The van der Waals surface area contributed by atoms with Crippen LogP contribution in [0.4, 0.5) is 17.6 Å². The summed E-state index contributed by atoms with van der Waals surface area (Å²) >= 11 is 0. The van der Waals surface area contributed by atoms with E-state index in [1.807, 2.05) is 12.1 Å². The Morgan fingerprint density at radius 2 is 1.56 bits per heavy atom. The number of ether oxygens (including phenoxy) is 1. The first-order valence-electron chi connectivity index (χ1n) is 11.9. The number of hydrogen-bond acceptors (Lipinski definition) is 1. The lowest BCUT2D eigenvalue weighted by Gasteiger charge is -2.29. The molecule has 32 heavy (non-hydrogen) atoms. The first-order valence-corrected chi connectivity index (χ1v) is 11.9. The van der Waals surface area contributed by atoms with Crippen LogP contribution in [0.5, 0.6) is 5.75 Å². The predicted molar refractivity (Wildman–Crippen MR) is 121 cm³/mol. The number of benzene rings is 2. The van der Waals surface area contributed by atoms with E-state index < -0.39 is 18.4 Å². The summed E-state index contributed by atoms with van der Waals surface area (Å²) in [7, 11) is 0. The molecule has 0 spiro atoms. The van der Waals surface area contributed by atoms with Crippen molar-refractivity contribution >= 4 is 0 Å². The SMILES string of the molecule is CCCCC[C@H]1CC[C@H](c2ccc(-c3ccc(OCCCC(F)(F)F)c(F)c3)cc2)CC1. The van der Waals surface area contributed by atoms with Crippen molar-refractivity contribution in [2.75, 3.05) is 6.61 Å². The first-order chi connectivity index (χ1) is 15.4. The summed E-state index contributed by atoms with van der Waals surface area (Å²) in [5, 5.41) is 0. The summed E-state index contributed by atoms with van der Waals surface area (Å²) in [4.78, 5) is 0. The van der Waals surface area contributed by atoms with E-state index in [-0.39, 0.29) is 18.8 Å². The van der Waals surface area contributed by atoms with Gasteiger partial charge in [0.2, 0.25) is 0 Å². The van der Waals surface area contributed by atoms with Gasteiger partial charge in [0.1, 0.15) is 0 Å². The van der Waals surface area contributed by atoms with Gasteiger partial charge in [0.05, 0.1) is 6.61 Å². The van der Waals surface area contributed by atoms with E-state index in [0.717, 1.165) is 17.0 Å². The largest absolute Gasteiger partial charge is 0.491 e. The van der Waals surface area contributed by atoms with E-state index in [1.165, 1.54) is 69.1 Å². The average molecular weight is 451 g/mol. The maximum atomic E-state index is 14.4. The van der Waals surface area contributed by atoms with Gasteiger partial charge in [0.25, 0.3) is 0 Å². The molecule has 0 aliphatic heterocycles. The molecule has 0 aromatic heterocycles. The summed E-state index contributed by atoms with van der Waals surface area (Å²) in [5.41, 5.74) is 3.01. The Morgan fingerprint density at radius 1 is 0.875 bits per heavy atom. The smallest absolute Gasteiger partial charge is 0.389 e. The van der Waals surface area contributed by atoms with Gasteiger partial charge in [0, 0.05) is 6.42 Å². The van der Waals surface area contributed by atoms with Gasteiger partial charge >= 0.3 is 6.18 Å². The number of alkyl halides is 3. The van der Waals surface area contributed by atoms with Crippen LogP contribution in [-0.2, 0) is 0 Å². The van der Waals surface area contributed by atoms with Gasteiger partial charge in [0.15, 0.2) is 11.6 Å². The topological polar surface area (TPSA) is 9.23 Å². The van der Waals surface area contributed by atoms with Crippen molar-refractivity contribution in [3.05, 3.63) is 53.8 Å². The van der Waals surface area contributed by atoms with Crippen molar-refractivity contribution in [1.29, 1.82) is 0 Å². The molecule has 0 atom stereocenters. The van der Waals surface area contributed by atoms with Crippen LogP contribution in [0.3, 0.4) is 0 Å². The van der Waals surface area contributed by atoms with Crippen LogP contribution in [-0.4, -0.2) is 12.8 Å². The zero-order valence-corrected chi connectivity index (χ0v) is 18.9. The molecule has 1 nitrogen and oxygen atoms in total. The third-order valence-electron chi connectivity index (χ3n) is 6.57. The van der Waals surface area contributed by atoms with E-state index in [4.69, 9.17) is 4.74 Å². The molecule has 2 aromatic carbocycles. The lowest BCUT2D eigenvalue weighted by Crippen LogP contribution is -2.13. The molecular formula is C27H34F4O. The third kappa shape index (κ3) is 7.53. The number of unbranched alkanes of at least 4 members (excludes halogenated alkanes) is 2. The predicted octanol–water partition coefficient (Wildman–Crippen LogP) is 9.07. The molecule has 3 rings (SSSR count). The van der Waals surface area contributed by atoms with Crippen LogP contribution in [0.1, 0.15) is 82.6 Å². The Balaban J connectivity index is 1.52. The second-order valence-corrected chi connectivity index (χ2v) is 9.05.